The molecule has 3 heteroatoms. The lowest BCUT2D eigenvalue weighted by Crippen LogP contribution is -2.60. The third-order valence-corrected chi connectivity index (χ3v) is 5.06. The van der Waals surface area contributed by atoms with Crippen molar-refractivity contribution >= 4 is 44.2 Å². The maximum absolute atomic E-state index is 3.64. The van der Waals surface area contributed by atoms with Gasteiger partial charge in [0.1, 0.15) is 0 Å². The highest BCUT2D eigenvalue weighted by atomic mass is 127. The van der Waals surface area contributed by atoms with Crippen molar-refractivity contribution in [1.29, 1.82) is 0 Å². The zero-order valence-corrected chi connectivity index (χ0v) is 12.2. The topological polar surface area (TPSA) is 3.24 Å². The van der Waals surface area contributed by atoms with Gasteiger partial charge in [-0.05, 0) is 69.6 Å². The Morgan fingerprint density at radius 3 is 2.60 bits per heavy atom. The highest BCUT2D eigenvalue weighted by Crippen LogP contribution is 2.50. The van der Waals surface area contributed by atoms with Crippen LogP contribution in [-0.4, -0.2) is 13.1 Å². The van der Waals surface area contributed by atoms with Gasteiger partial charge in [0.05, 0.1) is 5.69 Å². The molecule has 0 atom stereocenters. The fourth-order valence-electron chi connectivity index (χ4n) is 2.65. The molecule has 1 aromatic rings. The molecule has 0 bridgehead atoms. The fourth-order valence-corrected chi connectivity index (χ4v) is 3.63. The third kappa shape index (κ3) is 1.71. The molecule has 1 aliphatic carbocycles. The molecule has 1 heterocycles. The summed E-state index contributed by atoms with van der Waals surface area (Å²) in [5, 5.41) is 0. The van der Waals surface area contributed by atoms with Gasteiger partial charge in [-0.3, -0.25) is 0 Å². The summed E-state index contributed by atoms with van der Waals surface area (Å²) in [6.45, 7) is 2.54. The predicted octanol–water partition coefficient (Wildman–Crippen LogP) is 4.04. The molecular weight excluding hydrogens is 365 g/mol. The van der Waals surface area contributed by atoms with Crippen LogP contribution in [0.15, 0.2) is 22.7 Å². The van der Waals surface area contributed by atoms with E-state index in [4.69, 9.17) is 0 Å². The van der Waals surface area contributed by atoms with E-state index in [0.29, 0.717) is 5.41 Å². The Balaban J connectivity index is 1.80. The average Bonchev–Trinajstić information content (AvgIpc) is 2.06. The summed E-state index contributed by atoms with van der Waals surface area (Å²) in [6, 6.07) is 6.58. The van der Waals surface area contributed by atoms with Gasteiger partial charge in [-0.25, -0.2) is 0 Å². The normalized spacial score (nSPS) is 22.4. The van der Waals surface area contributed by atoms with Crippen molar-refractivity contribution in [2.75, 3.05) is 18.0 Å². The van der Waals surface area contributed by atoms with E-state index in [0.717, 1.165) is 0 Å². The molecule has 1 nitrogen and oxygen atoms in total. The van der Waals surface area contributed by atoms with Gasteiger partial charge < -0.3 is 4.90 Å². The van der Waals surface area contributed by atoms with Gasteiger partial charge in [-0.15, -0.1) is 0 Å². The highest BCUT2D eigenvalue weighted by molar-refractivity contribution is 14.1. The maximum atomic E-state index is 3.64. The summed E-state index contributed by atoms with van der Waals surface area (Å²) in [7, 11) is 0. The number of rotatable bonds is 1. The van der Waals surface area contributed by atoms with E-state index < -0.39 is 0 Å². The van der Waals surface area contributed by atoms with Crippen LogP contribution in [0, 0.1) is 8.99 Å². The molecule has 1 aromatic carbocycles. The molecule has 0 aromatic heterocycles. The third-order valence-electron chi connectivity index (χ3n) is 3.72. The highest BCUT2D eigenvalue weighted by Gasteiger charge is 2.47. The number of anilines is 1. The van der Waals surface area contributed by atoms with Crippen LogP contribution in [0.3, 0.4) is 0 Å². The summed E-state index contributed by atoms with van der Waals surface area (Å²) < 4.78 is 2.55. The van der Waals surface area contributed by atoms with Gasteiger partial charge in [0.25, 0.3) is 0 Å². The summed E-state index contributed by atoms with van der Waals surface area (Å²) >= 11 is 6.02. The van der Waals surface area contributed by atoms with Crippen LogP contribution in [0.2, 0.25) is 0 Å². The lowest BCUT2D eigenvalue weighted by Gasteiger charge is -2.57. The first kappa shape index (κ1) is 10.4. The Morgan fingerprint density at radius 1 is 1.27 bits per heavy atom. The molecule has 0 unspecified atom stereocenters. The van der Waals surface area contributed by atoms with Crippen LogP contribution in [-0.2, 0) is 0 Å². The van der Waals surface area contributed by atoms with E-state index in [1.54, 1.807) is 0 Å². The van der Waals surface area contributed by atoms with E-state index in [1.807, 2.05) is 0 Å². The molecule has 15 heavy (non-hydrogen) atoms. The molecule has 1 saturated carbocycles. The zero-order chi connectivity index (χ0) is 10.5. The largest absolute Gasteiger partial charge is 0.369 e. The van der Waals surface area contributed by atoms with Crippen molar-refractivity contribution in [3.05, 3.63) is 26.2 Å². The first-order valence-corrected chi connectivity index (χ1v) is 7.26. The average molecular weight is 378 g/mol. The van der Waals surface area contributed by atoms with Crippen LogP contribution in [0.1, 0.15) is 19.3 Å². The lowest BCUT2D eigenvalue weighted by molar-refractivity contribution is 0.0903. The Morgan fingerprint density at radius 2 is 2.00 bits per heavy atom. The molecule has 80 valence electrons. The van der Waals surface area contributed by atoms with Crippen LogP contribution in [0.4, 0.5) is 5.69 Å². The van der Waals surface area contributed by atoms with Crippen LogP contribution in [0.5, 0.6) is 0 Å². The van der Waals surface area contributed by atoms with Crippen molar-refractivity contribution in [1.82, 2.24) is 0 Å². The van der Waals surface area contributed by atoms with Crippen LogP contribution >= 0.6 is 38.5 Å². The van der Waals surface area contributed by atoms with Gasteiger partial charge >= 0.3 is 0 Å². The maximum Gasteiger partial charge on any atom is 0.0521 e. The minimum absolute atomic E-state index is 0.709. The summed E-state index contributed by atoms with van der Waals surface area (Å²) in [5.41, 5.74) is 2.08. The van der Waals surface area contributed by atoms with E-state index >= 15 is 0 Å². The van der Waals surface area contributed by atoms with Gasteiger partial charge in [0.15, 0.2) is 0 Å². The fraction of sp³-hybridized carbons (Fsp3) is 0.500. The zero-order valence-electron chi connectivity index (χ0n) is 8.47. The lowest BCUT2D eigenvalue weighted by atomic mass is 9.63. The summed E-state index contributed by atoms with van der Waals surface area (Å²) in [6.07, 6.45) is 4.34. The van der Waals surface area contributed by atoms with Crippen molar-refractivity contribution in [3.63, 3.8) is 0 Å². The molecule has 2 fully saturated rings. The van der Waals surface area contributed by atoms with Gasteiger partial charge in [-0.2, -0.15) is 0 Å². The summed E-state index contributed by atoms with van der Waals surface area (Å²) in [4.78, 5) is 2.51. The molecular formula is C12H13BrIN. The number of benzene rings is 1. The summed E-state index contributed by atoms with van der Waals surface area (Å²) in [5.74, 6) is 0. The van der Waals surface area contributed by atoms with E-state index in [9.17, 15) is 0 Å². The first-order valence-electron chi connectivity index (χ1n) is 5.39. The van der Waals surface area contributed by atoms with E-state index in [-0.39, 0.29) is 0 Å². The number of hydrogen-bond donors (Lipinski definition) is 0. The molecule has 0 amide bonds. The molecule has 0 N–H and O–H groups in total. The Bertz CT molecular complexity index is 393. The molecule has 1 saturated heterocycles. The minimum atomic E-state index is 0.709. The molecule has 1 aliphatic heterocycles. The minimum Gasteiger partial charge on any atom is -0.369 e. The van der Waals surface area contributed by atoms with Crippen molar-refractivity contribution in [2.45, 2.75) is 19.3 Å². The van der Waals surface area contributed by atoms with Crippen LogP contribution < -0.4 is 4.90 Å². The van der Waals surface area contributed by atoms with Gasteiger partial charge in [-0.1, -0.05) is 6.42 Å². The molecule has 3 rings (SSSR count). The second-order valence-electron chi connectivity index (χ2n) is 4.81. The Kier molecular flexibility index (Phi) is 2.51. The van der Waals surface area contributed by atoms with E-state index in [2.05, 4.69) is 61.6 Å². The Labute approximate surface area is 112 Å². The van der Waals surface area contributed by atoms with Crippen molar-refractivity contribution in [2.24, 2.45) is 5.41 Å². The standard InChI is InChI=1S/C12H13BrIN/c13-10-3-2-9(14)6-11(10)15-7-12(8-15)4-1-5-12/h2-3,6H,1,4-5,7-8H2. The first-order chi connectivity index (χ1) is 7.19. The van der Waals surface area contributed by atoms with Crippen molar-refractivity contribution in [3.8, 4) is 0 Å². The molecule has 0 radical (unpaired) electrons. The second-order valence-corrected chi connectivity index (χ2v) is 6.91. The van der Waals surface area contributed by atoms with E-state index in [1.165, 1.54) is 46.1 Å². The smallest absolute Gasteiger partial charge is 0.0521 e. The predicted molar refractivity (Wildman–Crippen MR) is 75.4 cm³/mol. The van der Waals surface area contributed by atoms with Gasteiger partial charge in [0, 0.05) is 26.5 Å². The number of nitrogens with zero attached hydrogens (tertiary/aromatic N) is 1. The molecule has 2 aliphatic rings. The monoisotopic (exact) mass is 377 g/mol. The molecule has 1 spiro atoms. The number of halogens is 2. The second kappa shape index (κ2) is 3.62. The number of hydrogen-bond acceptors (Lipinski definition) is 1. The quantitative estimate of drug-likeness (QED) is 0.667. The SMILES string of the molecule is Brc1ccc(I)cc1N1CC2(CCC2)C1. The van der Waals surface area contributed by atoms with Crippen molar-refractivity contribution < 1.29 is 0 Å². The van der Waals surface area contributed by atoms with Gasteiger partial charge in [0.2, 0.25) is 0 Å². The Hall–Kier alpha value is 0.230. The van der Waals surface area contributed by atoms with Crippen LogP contribution in [0.25, 0.3) is 0 Å².